The molecule has 0 amide bonds. The van der Waals surface area contributed by atoms with Crippen LogP contribution < -0.4 is 0 Å². The van der Waals surface area contributed by atoms with E-state index in [1.165, 1.54) is 0 Å². The highest BCUT2D eigenvalue weighted by Crippen LogP contribution is 2.30. The summed E-state index contributed by atoms with van der Waals surface area (Å²) in [5.41, 5.74) is 3.09. The van der Waals surface area contributed by atoms with E-state index in [4.69, 9.17) is 23.7 Å². The van der Waals surface area contributed by atoms with Crippen LogP contribution in [0.5, 0.6) is 0 Å². The molecule has 5 atom stereocenters. The summed E-state index contributed by atoms with van der Waals surface area (Å²) < 4.78 is 30.7. The van der Waals surface area contributed by atoms with Crippen LogP contribution in [0.1, 0.15) is 16.7 Å². The topological polar surface area (TPSA) is 66.4 Å². The molecule has 0 spiro atoms. The first-order chi connectivity index (χ1) is 16.8. The summed E-state index contributed by atoms with van der Waals surface area (Å²) in [6.45, 7) is 0.876. The average molecular weight is 465 g/mol. The summed E-state index contributed by atoms with van der Waals surface area (Å²) >= 11 is 0. The van der Waals surface area contributed by atoms with Crippen molar-refractivity contribution in [3.8, 4) is 0 Å². The molecule has 34 heavy (non-hydrogen) atoms. The third-order valence-corrected chi connectivity index (χ3v) is 5.86. The molecule has 1 saturated heterocycles. The van der Waals surface area contributed by atoms with E-state index in [9.17, 15) is 5.11 Å². The molecule has 1 heterocycles. The van der Waals surface area contributed by atoms with Gasteiger partial charge >= 0.3 is 0 Å². The SMILES string of the molecule is CO[C@H]1O[C@H](CO)C(OCc2ccccc2)[C@H](OCc2ccccc2)[C@H]1OCc1ccccc1. The van der Waals surface area contributed by atoms with Crippen molar-refractivity contribution in [1.29, 1.82) is 0 Å². The van der Waals surface area contributed by atoms with Gasteiger partial charge in [0.05, 0.1) is 26.4 Å². The number of hydrogen-bond acceptors (Lipinski definition) is 6. The Kier molecular flexibility index (Phi) is 9.21. The van der Waals surface area contributed by atoms with E-state index >= 15 is 0 Å². The fourth-order valence-electron chi connectivity index (χ4n) is 4.08. The van der Waals surface area contributed by atoms with Gasteiger partial charge in [-0.2, -0.15) is 0 Å². The molecule has 4 rings (SSSR count). The number of ether oxygens (including phenoxy) is 5. The van der Waals surface area contributed by atoms with Crippen LogP contribution in [0.2, 0.25) is 0 Å². The smallest absolute Gasteiger partial charge is 0.186 e. The molecule has 3 aromatic carbocycles. The Bertz CT molecular complexity index is 895. The second kappa shape index (κ2) is 12.8. The van der Waals surface area contributed by atoms with Crippen LogP contribution in [0.3, 0.4) is 0 Å². The third kappa shape index (κ3) is 6.51. The Balaban J connectivity index is 1.56. The monoisotopic (exact) mass is 464 g/mol. The van der Waals surface area contributed by atoms with Crippen LogP contribution in [0, 0.1) is 0 Å². The van der Waals surface area contributed by atoms with E-state index in [1.807, 2.05) is 91.0 Å². The zero-order valence-corrected chi connectivity index (χ0v) is 19.4. The summed E-state index contributed by atoms with van der Waals surface area (Å²) in [5.74, 6) is 0. The van der Waals surface area contributed by atoms with E-state index in [2.05, 4.69) is 0 Å². The van der Waals surface area contributed by atoms with Gasteiger partial charge in [0.15, 0.2) is 6.29 Å². The Hall–Kier alpha value is -2.58. The molecular formula is C28H32O6. The van der Waals surface area contributed by atoms with Gasteiger partial charge in [0, 0.05) is 7.11 Å². The van der Waals surface area contributed by atoms with Gasteiger partial charge in [-0.1, -0.05) is 91.0 Å². The normalized spacial score (nSPS) is 24.7. The number of aliphatic hydroxyl groups excluding tert-OH is 1. The Morgan fingerprint density at radius 1 is 0.618 bits per heavy atom. The quantitative estimate of drug-likeness (QED) is 0.461. The lowest BCUT2D eigenvalue weighted by atomic mass is 9.98. The first kappa shape index (κ1) is 24.5. The Morgan fingerprint density at radius 2 is 1.03 bits per heavy atom. The van der Waals surface area contributed by atoms with E-state index in [-0.39, 0.29) is 6.61 Å². The lowest BCUT2D eigenvalue weighted by molar-refractivity contribution is -0.321. The lowest BCUT2D eigenvalue weighted by Crippen LogP contribution is -2.61. The Labute approximate surface area is 201 Å². The minimum absolute atomic E-state index is 0.226. The van der Waals surface area contributed by atoms with Crippen LogP contribution >= 0.6 is 0 Å². The molecule has 1 unspecified atom stereocenters. The molecule has 3 aromatic rings. The third-order valence-electron chi connectivity index (χ3n) is 5.86. The highest BCUT2D eigenvalue weighted by atomic mass is 16.7. The van der Waals surface area contributed by atoms with Gasteiger partial charge in [-0.25, -0.2) is 0 Å². The summed E-state index contributed by atoms with van der Waals surface area (Å²) in [6, 6.07) is 29.8. The molecular weight excluding hydrogens is 432 g/mol. The van der Waals surface area contributed by atoms with Gasteiger partial charge < -0.3 is 28.8 Å². The fourth-order valence-corrected chi connectivity index (χ4v) is 4.08. The van der Waals surface area contributed by atoms with Crippen molar-refractivity contribution < 1.29 is 28.8 Å². The van der Waals surface area contributed by atoms with Crippen molar-refractivity contribution in [2.24, 2.45) is 0 Å². The molecule has 0 radical (unpaired) electrons. The lowest BCUT2D eigenvalue weighted by Gasteiger charge is -2.45. The molecule has 0 saturated carbocycles. The van der Waals surface area contributed by atoms with Crippen LogP contribution in [-0.2, 0) is 43.5 Å². The minimum atomic E-state index is -0.710. The van der Waals surface area contributed by atoms with Gasteiger partial charge in [0.25, 0.3) is 0 Å². The largest absolute Gasteiger partial charge is 0.394 e. The zero-order valence-electron chi connectivity index (χ0n) is 19.4. The number of methoxy groups -OCH3 is 1. The minimum Gasteiger partial charge on any atom is -0.394 e. The molecule has 6 heteroatoms. The molecule has 6 nitrogen and oxygen atoms in total. The van der Waals surface area contributed by atoms with Crippen molar-refractivity contribution >= 4 is 0 Å². The maximum atomic E-state index is 10.1. The summed E-state index contributed by atoms with van der Waals surface area (Å²) in [7, 11) is 1.57. The van der Waals surface area contributed by atoms with Gasteiger partial charge in [-0.15, -0.1) is 0 Å². The summed E-state index contributed by atoms with van der Waals surface area (Å²) in [4.78, 5) is 0. The van der Waals surface area contributed by atoms with Crippen molar-refractivity contribution in [1.82, 2.24) is 0 Å². The van der Waals surface area contributed by atoms with E-state index < -0.39 is 30.7 Å². The van der Waals surface area contributed by atoms with Crippen LogP contribution in [0.4, 0.5) is 0 Å². The number of hydrogen-bond donors (Lipinski definition) is 1. The van der Waals surface area contributed by atoms with Crippen molar-refractivity contribution in [2.45, 2.75) is 50.5 Å². The molecule has 0 bridgehead atoms. The molecule has 0 aliphatic carbocycles. The number of aliphatic hydroxyl groups is 1. The maximum Gasteiger partial charge on any atom is 0.186 e. The average Bonchev–Trinajstić information content (AvgIpc) is 2.91. The van der Waals surface area contributed by atoms with Crippen molar-refractivity contribution in [3.05, 3.63) is 108 Å². The number of rotatable bonds is 11. The summed E-state index contributed by atoms with van der Waals surface area (Å²) in [6.07, 6.45) is -2.97. The zero-order chi connectivity index (χ0) is 23.6. The van der Waals surface area contributed by atoms with E-state index in [1.54, 1.807) is 7.11 Å². The predicted octanol–water partition coefficient (Wildman–Crippen LogP) is 4.11. The van der Waals surface area contributed by atoms with E-state index in [0.29, 0.717) is 19.8 Å². The molecule has 1 fully saturated rings. The molecule has 1 aliphatic rings. The highest BCUT2D eigenvalue weighted by molar-refractivity contribution is 5.15. The first-order valence-electron chi connectivity index (χ1n) is 11.5. The van der Waals surface area contributed by atoms with E-state index in [0.717, 1.165) is 16.7 Å². The van der Waals surface area contributed by atoms with Crippen molar-refractivity contribution in [2.75, 3.05) is 13.7 Å². The molecule has 1 aliphatic heterocycles. The van der Waals surface area contributed by atoms with Crippen LogP contribution in [0.15, 0.2) is 91.0 Å². The second-order valence-corrected chi connectivity index (χ2v) is 8.24. The molecule has 0 aromatic heterocycles. The second-order valence-electron chi connectivity index (χ2n) is 8.24. The molecule has 180 valence electrons. The standard InChI is InChI=1S/C28H32O6/c1-30-28-27(33-20-23-15-9-4-10-16-23)26(32-19-22-13-7-3-8-14-22)25(24(17-29)34-28)31-18-21-11-5-2-6-12-21/h2-16,24-29H,17-20H2,1H3/t24-,25?,26+,27-,28+/m1/s1. The van der Waals surface area contributed by atoms with Gasteiger partial charge in [-0.3, -0.25) is 0 Å². The van der Waals surface area contributed by atoms with Crippen molar-refractivity contribution in [3.63, 3.8) is 0 Å². The summed E-state index contributed by atoms with van der Waals surface area (Å²) in [5, 5.41) is 10.1. The highest BCUT2D eigenvalue weighted by Gasteiger charge is 2.48. The fraction of sp³-hybridized carbons (Fsp3) is 0.357. The van der Waals surface area contributed by atoms with Gasteiger partial charge in [0.2, 0.25) is 0 Å². The predicted molar refractivity (Wildman–Crippen MR) is 128 cm³/mol. The van der Waals surface area contributed by atoms with Gasteiger partial charge in [0.1, 0.15) is 24.4 Å². The van der Waals surface area contributed by atoms with Crippen LogP contribution in [0.25, 0.3) is 0 Å². The molecule has 1 N–H and O–H groups in total. The first-order valence-corrected chi connectivity index (χ1v) is 11.5. The van der Waals surface area contributed by atoms with Gasteiger partial charge in [-0.05, 0) is 16.7 Å². The number of benzene rings is 3. The van der Waals surface area contributed by atoms with Crippen LogP contribution in [-0.4, -0.2) is 49.5 Å². The maximum absolute atomic E-state index is 10.1. The Morgan fingerprint density at radius 3 is 1.44 bits per heavy atom.